The van der Waals surface area contributed by atoms with E-state index in [4.69, 9.17) is 18.9 Å². The number of methoxy groups -OCH3 is 3. The zero-order valence-electron chi connectivity index (χ0n) is 15.3. The van der Waals surface area contributed by atoms with Gasteiger partial charge in [0.25, 0.3) is 0 Å². The molecule has 0 aliphatic carbocycles. The predicted molar refractivity (Wildman–Crippen MR) is 103 cm³/mol. The summed E-state index contributed by atoms with van der Waals surface area (Å²) in [5.74, 6) is 1.27. The number of carbonyl (C=O) groups excluding carboxylic acids is 1. The van der Waals surface area contributed by atoms with E-state index < -0.39 is 5.97 Å². The van der Waals surface area contributed by atoms with Gasteiger partial charge in [0.15, 0.2) is 17.2 Å². The molecule has 0 amide bonds. The Morgan fingerprint density at radius 1 is 0.889 bits per heavy atom. The number of esters is 1. The van der Waals surface area contributed by atoms with Crippen LogP contribution in [0.4, 0.5) is 0 Å². The molecule has 6 heteroatoms. The van der Waals surface area contributed by atoms with Crippen molar-refractivity contribution in [1.82, 2.24) is 0 Å². The standard InChI is InChI=1S/C21H19NO5/c1-24-17-11-9-15(19(25-2)20(17)26-3)10-12-18-22-16(21(23)27-18)13-14-7-5-4-6-8-14/h4-13H,1-3H3. The second-order valence-corrected chi connectivity index (χ2v) is 5.54. The Labute approximate surface area is 157 Å². The predicted octanol–water partition coefficient (Wildman–Crippen LogP) is 3.72. The Bertz CT molecular complexity index is 929. The largest absolute Gasteiger partial charge is 0.493 e. The number of benzene rings is 2. The first-order valence-corrected chi connectivity index (χ1v) is 8.21. The summed E-state index contributed by atoms with van der Waals surface area (Å²) < 4.78 is 21.3. The van der Waals surface area contributed by atoms with Gasteiger partial charge in [-0.1, -0.05) is 30.3 Å². The van der Waals surface area contributed by atoms with Crippen molar-refractivity contribution in [3.05, 3.63) is 65.4 Å². The minimum atomic E-state index is -0.488. The van der Waals surface area contributed by atoms with Crippen molar-refractivity contribution >= 4 is 24.0 Å². The summed E-state index contributed by atoms with van der Waals surface area (Å²) in [7, 11) is 4.64. The first-order chi connectivity index (χ1) is 13.2. The van der Waals surface area contributed by atoms with Gasteiger partial charge in [0.05, 0.1) is 21.3 Å². The highest BCUT2D eigenvalue weighted by Crippen LogP contribution is 2.40. The molecule has 0 saturated carbocycles. The molecule has 2 aromatic rings. The zero-order valence-corrected chi connectivity index (χ0v) is 15.3. The molecule has 1 aliphatic heterocycles. The molecule has 3 rings (SSSR count). The third-order valence-corrected chi connectivity index (χ3v) is 3.88. The molecule has 0 bridgehead atoms. The normalized spacial score (nSPS) is 15.0. The molecule has 0 fully saturated rings. The van der Waals surface area contributed by atoms with Crippen molar-refractivity contribution in [3.8, 4) is 17.2 Å². The molecule has 2 aromatic carbocycles. The topological polar surface area (TPSA) is 66.4 Å². The molecule has 1 aliphatic rings. The van der Waals surface area contributed by atoms with E-state index in [9.17, 15) is 4.79 Å². The van der Waals surface area contributed by atoms with Gasteiger partial charge in [-0.3, -0.25) is 0 Å². The number of cyclic esters (lactones) is 1. The van der Waals surface area contributed by atoms with Gasteiger partial charge in [0.2, 0.25) is 11.6 Å². The zero-order chi connectivity index (χ0) is 19.2. The van der Waals surface area contributed by atoms with Crippen LogP contribution in [0, 0.1) is 0 Å². The molecule has 0 atom stereocenters. The van der Waals surface area contributed by atoms with Crippen molar-refractivity contribution in [2.24, 2.45) is 4.99 Å². The molecule has 0 aromatic heterocycles. The van der Waals surface area contributed by atoms with Crippen LogP contribution in [0.3, 0.4) is 0 Å². The molecule has 138 valence electrons. The van der Waals surface area contributed by atoms with E-state index in [1.54, 1.807) is 38.5 Å². The smallest absolute Gasteiger partial charge is 0.363 e. The van der Waals surface area contributed by atoms with Crippen LogP contribution in [0.15, 0.2) is 59.2 Å². The fourth-order valence-electron chi connectivity index (χ4n) is 2.62. The Morgan fingerprint density at radius 3 is 2.30 bits per heavy atom. The van der Waals surface area contributed by atoms with Crippen LogP contribution >= 0.6 is 0 Å². The molecule has 0 radical (unpaired) electrons. The lowest BCUT2D eigenvalue weighted by Gasteiger charge is -2.13. The lowest BCUT2D eigenvalue weighted by Crippen LogP contribution is -2.01. The molecule has 27 heavy (non-hydrogen) atoms. The molecule has 1 heterocycles. The highest BCUT2D eigenvalue weighted by molar-refractivity contribution is 6.11. The van der Waals surface area contributed by atoms with E-state index in [0.29, 0.717) is 17.2 Å². The molecule has 0 spiro atoms. The second-order valence-electron chi connectivity index (χ2n) is 5.54. The highest BCUT2D eigenvalue weighted by Gasteiger charge is 2.21. The fourth-order valence-corrected chi connectivity index (χ4v) is 2.62. The van der Waals surface area contributed by atoms with Crippen molar-refractivity contribution in [2.45, 2.75) is 0 Å². The number of nitrogens with zero attached hydrogens (tertiary/aromatic N) is 1. The average molecular weight is 365 g/mol. The number of carbonyl (C=O) groups is 1. The van der Waals surface area contributed by atoms with Crippen LogP contribution in [0.5, 0.6) is 17.2 Å². The first-order valence-electron chi connectivity index (χ1n) is 8.21. The van der Waals surface area contributed by atoms with Crippen LogP contribution in [-0.4, -0.2) is 33.2 Å². The van der Waals surface area contributed by atoms with Crippen molar-refractivity contribution in [3.63, 3.8) is 0 Å². The SMILES string of the molecule is COc1ccc(C=CC2=NC(=Cc3ccccc3)C(=O)O2)c(OC)c1OC. The van der Waals surface area contributed by atoms with Gasteiger partial charge in [-0.25, -0.2) is 9.79 Å². The highest BCUT2D eigenvalue weighted by atomic mass is 16.6. The summed E-state index contributed by atoms with van der Waals surface area (Å²) in [5.41, 5.74) is 1.86. The van der Waals surface area contributed by atoms with Gasteiger partial charge >= 0.3 is 5.97 Å². The van der Waals surface area contributed by atoms with E-state index in [1.165, 1.54) is 7.11 Å². The minimum Gasteiger partial charge on any atom is -0.493 e. The lowest BCUT2D eigenvalue weighted by atomic mass is 10.1. The fraction of sp³-hybridized carbons (Fsp3) is 0.143. The van der Waals surface area contributed by atoms with Crippen LogP contribution in [0.1, 0.15) is 11.1 Å². The molecular formula is C21H19NO5. The van der Waals surface area contributed by atoms with E-state index in [1.807, 2.05) is 36.4 Å². The number of hydrogen-bond acceptors (Lipinski definition) is 6. The summed E-state index contributed by atoms with van der Waals surface area (Å²) in [5, 5.41) is 0. The third-order valence-electron chi connectivity index (χ3n) is 3.88. The Balaban J connectivity index is 1.87. The molecule has 6 nitrogen and oxygen atoms in total. The Hall–Kier alpha value is -3.54. The first kappa shape index (κ1) is 18.3. The van der Waals surface area contributed by atoms with Gasteiger partial charge in [0.1, 0.15) is 0 Å². The van der Waals surface area contributed by atoms with Gasteiger partial charge in [0, 0.05) is 11.6 Å². The van der Waals surface area contributed by atoms with Gasteiger partial charge in [-0.15, -0.1) is 0 Å². The number of rotatable bonds is 6. The van der Waals surface area contributed by atoms with Gasteiger partial charge in [-0.2, -0.15) is 0 Å². The van der Waals surface area contributed by atoms with Crippen LogP contribution in [-0.2, 0) is 9.53 Å². The van der Waals surface area contributed by atoms with E-state index in [0.717, 1.165) is 11.1 Å². The molecule has 0 unspecified atom stereocenters. The minimum absolute atomic E-state index is 0.207. The maximum atomic E-state index is 12.0. The van der Waals surface area contributed by atoms with Gasteiger partial charge in [-0.05, 0) is 29.8 Å². The molecule has 0 saturated heterocycles. The summed E-state index contributed by atoms with van der Waals surface area (Å²) >= 11 is 0. The maximum Gasteiger partial charge on any atom is 0.363 e. The van der Waals surface area contributed by atoms with E-state index >= 15 is 0 Å². The molecule has 0 N–H and O–H groups in total. The van der Waals surface area contributed by atoms with Crippen molar-refractivity contribution in [2.75, 3.05) is 21.3 Å². The number of ether oxygens (including phenoxy) is 4. The average Bonchev–Trinajstić information content (AvgIpc) is 3.05. The van der Waals surface area contributed by atoms with Crippen LogP contribution < -0.4 is 14.2 Å². The Kier molecular flexibility index (Phi) is 5.56. The van der Waals surface area contributed by atoms with E-state index in [2.05, 4.69) is 4.99 Å². The monoisotopic (exact) mass is 365 g/mol. The van der Waals surface area contributed by atoms with Crippen LogP contribution in [0.25, 0.3) is 12.2 Å². The third kappa shape index (κ3) is 4.00. The summed E-state index contributed by atoms with van der Waals surface area (Å²) in [6.07, 6.45) is 5.02. The number of hydrogen-bond donors (Lipinski definition) is 0. The lowest BCUT2D eigenvalue weighted by molar-refractivity contribution is -0.129. The summed E-state index contributed by atoms with van der Waals surface area (Å²) in [6.45, 7) is 0. The van der Waals surface area contributed by atoms with Gasteiger partial charge < -0.3 is 18.9 Å². The maximum absolute atomic E-state index is 12.0. The quantitative estimate of drug-likeness (QED) is 0.577. The molecular weight excluding hydrogens is 346 g/mol. The summed E-state index contributed by atoms with van der Waals surface area (Å²) in [6, 6.07) is 13.0. The van der Waals surface area contributed by atoms with Crippen LogP contribution in [0.2, 0.25) is 0 Å². The van der Waals surface area contributed by atoms with Crippen molar-refractivity contribution < 1.29 is 23.7 Å². The Morgan fingerprint density at radius 2 is 1.63 bits per heavy atom. The van der Waals surface area contributed by atoms with Crippen molar-refractivity contribution in [1.29, 1.82) is 0 Å². The van der Waals surface area contributed by atoms with E-state index in [-0.39, 0.29) is 11.6 Å². The summed E-state index contributed by atoms with van der Waals surface area (Å²) in [4.78, 5) is 16.2. The number of aliphatic imine (C=N–C) groups is 1. The second kappa shape index (κ2) is 8.23.